The van der Waals surface area contributed by atoms with Gasteiger partial charge < -0.3 is 20.3 Å². The highest BCUT2D eigenvalue weighted by Gasteiger charge is 2.25. The summed E-state index contributed by atoms with van der Waals surface area (Å²) in [4.78, 5) is 0. The first-order valence-electron chi connectivity index (χ1n) is 3.79. The predicted molar refractivity (Wildman–Crippen MR) is 40.3 cm³/mol. The average molecular weight is 161 g/mol. The molecule has 1 fully saturated rings. The van der Waals surface area contributed by atoms with Crippen molar-refractivity contribution in [1.82, 2.24) is 5.32 Å². The summed E-state index contributed by atoms with van der Waals surface area (Å²) in [6, 6.07) is 0. The molecule has 0 aromatic rings. The van der Waals surface area contributed by atoms with Gasteiger partial charge in [0.2, 0.25) is 0 Å². The van der Waals surface area contributed by atoms with Gasteiger partial charge in [-0.25, -0.2) is 0 Å². The molecular weight excluding hydrogens is 146 g/mol. The van der Waals surface area contributed by atoms with Crippen LogP contribution in [0, 0.1) is 0 Å². The van der Waals surface area contributed by atoms with E-state index < -0.39 is 5.60 Å². The van der Waals surface area contributed by atoms with Gasteiger partial charge in [0, 0.05) is 13.1 Å². The zero-order valence-corrected chi connectivity index (χ0v) is 6.71. The molecule has 1 saturated heterocycles. The fourth-order valence-corrected chi connectivity index (χ4v) is 1.03. The SMILES string of the molecule is C[C@@]1(O)CNC[C@H](CO)OC1. The molecule has 0 amide bonds. The van der Waals surface area contributed by atoms with E-state index in [1.54, 1.807) is 6.92 Å². The van der Waals surface area contributed by atoms with E-state index in [-0.39, 0.29) is 19.3 Å². The molecule has 2 atom stereocenters. The van der Waals surface area contributed by atoms with Crippen LogP contribution < -0.4 is 5.32 Å². The van der Waals surface area contributed by atoms with Gasteiger partial charge in [-0.15, -0.1) is 0 Å². The van der Waals surface area contributed by atoms with Crippen LogP contribution in [0.3, 0.4) is 0 Å². The largest absolute Gasteiger partial charge is 0.394 e. The van der Waals surface area contributed by atoms with Crippen LogP contribution in [0.15, 0.2) is 0 Å². The van der Waals surface area contributed by atoms with Crippen molar-refractivity contribution < 1.29 is 14.9 Å². The normalized spacial score (nSPS) is 40.1. The maximum absolute atomic E-state index is 9.50. The van der Waals surface area contributed by atoms with Crippen LogP contribution in [-0.2, 0) is 4.74 Å². The fourth-order valence-electron chi connectivity index (χ4n) is 1.03. The number of nitrogens with one attached hydrogen (secondary N) is 1. The van der Waals surface area contributed by atoms with E-state index in [0.29, 0.717) is 13.1 Å². The first kappa shape index (κ1) is 8.93. The molecule has 0 radical (unpaired) electrons. The quantitative estimate of drug-likeness (QED) is 0.448. The van der Waals surface area contributed by atoms with Gasteiger partial charge in [0.1, 0.15) is 0 Å². The van der Waals surface area contributed by atoms with Crippen molar-refractivity contribution in [3.05, 3.63) is 0 Å². The van der Waals surface area contributed by atoms with Crippen LogP contribution in [0.25, 0.3) is 0 Å². The van der Waals surface area contributed by atoms with Gasteiger partial charge in [-0.2, -0.15) is 0 Å². The lowest BCUT2D eigenvalue weighted by Gasteiger charge is -2.19. The molecule has 3 N–H and O–H groups in total. The van der Waals surface area contributed by atoms with Gasteiger partial charge in [-0.05, 0) is 6.92 Å². The Morgan fingerprint density at radius 2 is 2.45 bits per heavy atom. The van der Waals surface area contributed by atoms with E-state index in [1.807, 2.05) is 0 Å². The second-order valence-electron chi connectivity index (χ2n) is 3.24. The number of rotatable bonds is 1. The molecule has 0 spiro atoms. The zero-order chi connectivity index (χ0) is 8.32. The summed E-state index contributed by atoms with van der Waals surface area (Å²) in [7, 11) is 0. The van der Waals surface area contributed by atoms with Crippen LogP contribution in [0.5, 0.6) is 0 Å². The maximum Gasteiger partial charge on any atom is 0.0975 e. The molecule has 0 aromatic carbocycles. The second-order valence-corrected chi connectivity index (χ2v) is 3.24. The number of ether oxygens (including phenoxy) is 1. The van der Waals surface area contributed by atoms with Gasteiger partial charge >= 0.3 is 0 Å². The standard InChI is InChI=1S/C7H15NO3/c1-7(10)4-8-2-6(3-9)11-5-7/h6,8-10H,2-5H2,1H3/t6-,7-/m1/s1. The van der Waals surface area contributed by atoms with Crippen LogP contribution in [0.1, 0.15) is 6.92 Å². The van der Waals surface area contributed by atoms with E-state index in [2.05, 4.69) is 5.32 Å². The minimum atomic E-state index is -0.802. The van der Waals surface area contributed by atoms with Crippen molar-refractivity contribution in [2.45, 2.75) is 18.6 Å². The molecule has 1 rings (SSSR count). The van der Waals surface area contributed by atoms with E-state index in [4.69, 9.17) is 9.84 Å². The topological polar surface area (TPSA) is 61.7 Å². The second kappa shape index (κ2) is 3.49. The van der Waals surface area contributed by atoms with Crippen LogP contribution in [0.2, 0.25) is 0 Å². The van der Waals surface area contributed by atoms with Crippen molar-refractivity contribution in [1.29, 1.82) is 0 Å². The molecule has 66 valence electrons. The molecule has 4 nitrogen and oxygen atoms in total. The van der Waals surface area contributed by atoms with E-state index in [1.165, 1.54) is 0 Å². The third-order valence-electron chi connectivity index (χ3n) is 1.71. The highest BCUT2D eigenvalue weighted by atomic mass is 16.5. The van der Waals surface area contributed by atoms with Crippen molar-refractivity contribution in [2.24, 2.45) is 0 Å². The minimum absolute atomic E-state index is 0.00306. The Kier molecular flexibility index (Phi) is 2.84. The first-order chi connectivity index (χ1) is 5.14. The number of hydrogen-bond acceptors (Lipinski definition) is 4. The Balaban J connectivity index is 2.39. The Morgan fingerprint density at radius 3 is 3.09 bits per heavy atom. The summed E-state index contributed by atoms with van der Waals surface area (Å²) < 4.78 is 5.20. The van der Waals surface area contributed by atoms with E-state index in [0.717, 1.165) is 0 Å². The highest BCUT2D eigenvalue weighted by Crippen LogP contribution is 2.07. The summed E-state index contributed by atoms with van der Waals surface area (Å²) >= 11 is 0. The molecule has 0 unspecified atom stereocenters. The molecule has 4 heteroatoms. The van der Waals surface area contributed by atoms with Crippen LogP contribution >= 0.6 is 0 Å². The summed E-state index contributed by atoms with van der Waals surface area (Å²) in [6.45, 7) is 3.12. The number of aliphatic hydroxyl groups excluding tert-OH is 1. The van der Waals surface area contributed by atoms with E-state index in [9.17, 15) is 5.11 Å². The minimum Gasteiger partial charge on any atom is -0.394 e. The van der Waals surface area contributed by atoms with Gasteiger partial charge in [0.25, 0.3) is 0 Å². The van der Waals surface area contributed by atoms with Gasteiger partial charge in [-0.1, -0.05) is 0 Å². The van der Waals surface area contributed by atoms with Crippen LogP contribution in [0.4, 0.5) is 0 Å². The van der Waals surface area contributed by atoms with Crippen LogP contribution in [-0.4, -0.2) is 48.2 Å². The molecule has 11 heavy (non-hydrogen) atoms. The molecule has 1 aliphatic rings. The van der Waals surface area contributed by atoms with Crippen molar-refractivity contribution in [3.8, 4) is 0 Å². The fraction of sp³-hybridized carbons (Fsp3) is 1.00. The Labute approximate surface area is 66.2 Å². The molecule has 1 aliphatic heterocycles. The summed E-state index contributed by atoms with van der Waals surface area (Å²) in [5.41, 5.74) is -0.802. The Morgan fingerprint density at radius 1 is 1.73 bits per heavy atom. The monoisotopic (exact) mass is 161 g/mol. The molecule has 0 saturated carbocycles. The predicted octanol–water partition coefficient (Wildman–Crippen LogP) is -1.28. The third kappa shape index (κ3) is 2.75. The molecule has 0 aromatic heterocycles. The van der Waals surface area contributed by atoms with Gasteiger partial charge in [-0.3, -0.25) is 0 Å². The zero-order valence-electron chi connectivity index (χ0n) is 6.71. The lowest BCUT2D eigenvalue weighted by Crippen LogP contribution is -2.38. The van der Waals surface area contributed by atoms with Crippen molar-refractivity contribution >= 4 is 0 Å². The summed E-state index contributed by atoms with van der Waals surface area (Å²) in [6.07, 6.45) is -0.177. The lowest BCUT2D eigenvalue weighted by molar-refractivity contribution is -0.0529. The van der Waals surface area contributed by atoms with E-state index >= 15 is 0 Å². The summed E-state index contributed by atoms with van der Waals surface area (Å²) in [5.74, 6) is 0. The van der Waals surface area contributed by atoms with Crippen molar-refractivity contribution in [3.63, 3.8) is 0 Å². The maximum atomic E-state index is 9.50. The Bertz CT molecular complexity index is 127. The first-order valence-corrected chi connectivity index (χ1v) is 3.79. The molecule has 1 heterocycles. The van der Waals surface area contributed by atoms with Gasteiger partial charge in [0.15, 0.2) is 0 Å². The number of aliphatic hydroxyl groups is 2. The number of β-amino-alcohol motifs (C(OH)–C–C–N with tert-alkyl or cyclic N) is 1. The van der Waals surface area contributed by atoms with Crippen molar-refractivity contribution in [2.75, 3.05) is 26.3 Å². The molecule has 0 bridgehead atoms. The Hall–Kier alpha value is -0.160. The van der Waals surface area contributed by atoms with Gasteiger partial charge in [0.05, 0.1) is 24.9 Å². The average Bonchev–Trinajstić information content (AvgIpc) is 2.10. The third-order valence-corrected chi connectivity index (χ3v) is 1.71. The smallest absolute Gasteiger partial charge is 0.0975 e. The lowest BCUT2D eigenvalue weighted by atomic mass is 10.1. The highest BCUT2D eigenvalue weighted by molar-refractivity contribution is 4.80. The molecular formula is C7H15NO3. The molecule has 0 aliphatic carbocycles. The number of hydrogen-bond donors (Lipinski definition) is 3. The summed E-state index contributed by atoms with van der Waals surface area (Å²) in [5, 5.41) is 21.2.